The van der Waals surface area contributed by atoms with Crippen LogP contribution in [0.3, 0.4) is 0 Å². The van der Waals surface area contributed by atoms with Gasteiger partial charge in [0.15, 0.2) is 0 Å². The van der Waals surface area contributed by atoms with Gasteiger partial charge in [0.25, 0.3) is 0 Å². The molecule has 0 bridgehead atoms. The summed E-state index contributed by atoms with van der Waals surface area (Å²) in [5, 5.41) is 4.24. The van der Waals surface area contributed by atoms with E-state index in [1.165, 1.54) is 0 Å². The number of nitrogens with zero attached hydrogens (tertiary/aromatic N) is 1. The Morgan fingerprint density at radius 2 is 2.06 bits per heavy atom. The molecule has 18 heavy (non-hydrogen) atoms. The quantitative estimate of drug-likeness (QED) is 0.857. The minimum atomic E-state index is 0.535. The molecule has 0 fully saturated rings. The van der Waals surface area contributed by atoms with E-state index >= 15 is 0 Å². The van der Waals surface area contributed by atoms with Crippen molar-refractivity contribution >= 4 is 50.6 Å². The Morgan fingerprint density at radius 1 is 1.28 bits per heavy atom. The second kappa shape index (κ2) is 5.78. The number of benzene rings is 1. The molecule has 2 aromatic rings. The first-order chi connectivity index (χ1) is 8.60. The van der Waals surface area contributed by atoms with Gasteiger partial charge >= 0.3 is 0 Å². The van der Waals surface area contributed by atoms with E-state index < -0.39 is 0 Å². The molecule has 0 saturated carbocycles. The van der Waals surface area contributed by atoms with Crippen LogP contribution in [0.15, 0.2) is 34.9 Å². The molecule has 1 aromatic carbocycles. The van der Waals surface area contributed by atoms with Crippen LogP contribution in [0.5, 0.6) is 5.75 Å². The van der Waals surface area contributed by atoms with Crippen LogP contribution in [0.4, 0.5) is 11.5 Å². The molecule has 6 heteroatoms. The van der Waals surface area contributed by atoms with Gasteiger partial charge < -0.3 is 10.1 Å². The lowest BCUT2D eigenvalue weighted by molar-refractivity contribution is 0.415. The van der Waals surface area contributed by atoms with Crippen LogP contribution in [0, 0.1) is 0 Å². The molecule has 0 radical (unpaired) electrons. The first-order valence-corrected chi connectivity index (χ1v) is 6.56. The topological polar surface area (TPSA) is 34.1 Å². The number of aromatic nitrogens is 1. The van der Waals surface area contributed by atoms with E-state index in [0.717, 1.165) is 10.2 Å². The minimum absolute atomic E-state index is 0.535. The molecule has 0 atom stereocenters. The van der Waals surface area contributed by atoms with Gasteiger partial charge in [0, 0.05) is 11.9 Å². The molecule has 0 amide bonds. The maximum Gasteiger partial charge on any atom is 0.144 e. The summed E-state index contributed by atoms with van der Waals surface area (Å²) < 4.78 is 5.87. The van der Waals surface area contributed by atoms with Gasteiger partial charge in [0.2, 0.25) is 0 Å². The second-order valence-corrected chi connectivity index (χ2v) is 5.16. The van der Waals surface area contributed by atoms with Crippen LogP contribution in [-0.2, 0) is 0 Å². The molecular formula is C12H9BrCl2N2O. The van der Waals surface area contributed by atoms with Gasteiger partial charge in [-0.3, -0.25) is 0 Å². The van der Waals surface area contributed by atoms with Crippen molar-refractivity contribution in [1.29, 1.82) is 0 Å². The summed E-state index contributed by atoms with van der Waals surface area (Å²) in [6.07, 6.45) is 1.57. The first kappa shape index (κ1) is 13.5. The normalized spacial score (nSPS) is 10.2. The lowest BCUT2D eigenvalue weighted by atomic mass is 10.3. The average Bonchev–Trinajstić information content (AvgIpc) is 2.33. The van der Waals surface area contributed by atoms with Crippen molar-refractivity contribution in [3.63, 3.8) is 0 Å². The van der Waals surface area contributed by atoms with E-state index in [-0.39, 0.29) is 0 Å². The Balaban J connectivity index is 2.26. The monoisotopic (exact) mass is 346 g/mol. The third-order valence-corrected chi connectivity index (χ3v) is 3.33. The van der Waals surface area contributed by atoms with Crippen LogP contribution >= 0.6 is 39.1 Å². The fourth-order valence-electron chi connectivity index (χ4n) is 1.39. The molecule has 0 aliphatic rings. The largest absolute Gasteiger partial charge is 0.495 e. The number of anilines is 2. The number of hydrogen-bond donors (Lipinski definition) is 1. The lowest BCUT2D eigenvalue weighted by Crippen LogP contribution is -1.95. The molecule has 0 aliphatic carbocycles. The number of methoxy groups -OCH3 is 1. The third kappa shape index (κ3) is 3.07. The molecule has 0 unspecified atom stereocenters. The van der Waals surface area contributed by atoms with Crippen molar-refractivity contribution in [2.24, 2.45) is 0 Å². The van der Waals surface area contributed by atoms with Crippen LogP contribution < -0.4 is 10.1 Å². The molecule has 2 rings (SSSR count). The second-order valence-electron chi connectivity index (χ2n) is 3.46. The van der Waals surface area contributed by atoms with Gasteiger partial charge in [-0.05, 0) is 40.2 Å². The summed E-state index contributed by atoms with van der Waals surface area (Å²) in [6, 6.07) is 7.17. The van der Waals surface area contributed by atoms with E-state index in [4.69, 9.17) is 27.9 Å². The van der Waals surface area contributed by atoms with Crippen molar-refractivity contribution in [3.8, 4) is 5.75 Å². The highest BCUT2D eigenvalue weighted by molar-refractivity contribution is 9.10. The van der Waals surface area contributed by atoms with Gasteiger partial charge in [0.1, 0.15) is 11.6 Å². The van der Waals surface area contributed by atoms with Crippen molar-refractivity contribution in [2.75, 3.05) is 12.4 Å². The Hall–Kier alpha value is -0.970. The van der Waals surface area contributed by atoms with E-state index in [0.29, 0.717) is 21.6 Å². The highest BCUT2D eigenvalue weighted by Crippen LogP contribution is 2.30. The lowest BCUT2D eigenvalue weighted by Gasteiger charge is -2.09. The van der Waals surface area contributed by atoms with E-state index in [1.54, 1.807) is 31.5 Å². The van der Waals surface area contributed by atoms with Crippen molar-refractivity contribution < 1.29 is 4.74 Å². The average molecular weight is 348 g/mol. The predicted molar refractivity (Wildman–Crippen MR) is 78.2 cm³/mol. The van der Waals surface area contributed by atoms with Crippen LogP contribution in [0.2, 0.25) is 10.0 Å². The van der Waals surface area contributed by atoms with Crippen molar-refractivity contribution in [3.05, 3.63) is 45.0 Å². The summed E-state index contributed by atoms with van der Waals surface area (Å²) >= 11 is 15.3. The van der Waals surface area contributed by atoms with Crippen LogP contribution in [0.1, 0.15) is 0 Å². The summed E-state index contributed by atoms with van der Waals surface area (Å²) in [7, 11) is 1.58. The Labute approximate surface area is 123 Å². The smallest absolute Gasteiger partial charge is 0.144 e. The van der Waals surface area contributed by atoms with Gasteiger partial charge in [-0.15, -0.1) is 0 Å². The summed E-state index contributed by atoms with van der Waals surface area (Å²) in [5.41, 5.74) is 0.816. The number of ether oxygens (including phenoxy) is 1. The summed E-state index contributed by atoms with van der Waals surface area (Å²) in [6.45, 7) is 0. The van der Waals surface area contributed by atoms with Crippen LogP contribution in [0.25, 0.3) is 0 Å². The zero-order valence-electron chi connectivity index (χ0n) is 9.38. The molecule has 3 nitrogen and oxygen atoms in total. The highest BCUT2D eigenvalue weighted by Gasteiger charge is 2.05. The predicted octanol–water partition coefficient (Wildman–Crippen LogP) is 4.90. The number of nitrogens with one attached hydrogen (secondary N) is 1. The highest BCUT2D eigenvalue weighted by atomic mass is 79.9. The van der Waals surface area contributed by atoms with Crippen molar-refractivity contribution in [1.82, 2.24) is 4.98 Å². The Bertz CT molecular complexity index is 578. The maximum atomic E-state index is 6.04. The van der Waals surface area contributed by atoms with Crippen molar-refractivity contribution in [2.45, 2.75) is 0 Å². The minimum Gasteiger partial charge on any atom is -0.495 e. The molecule has 0 aliphatic heterocycles. The van der Waals surface area contributed by atoms with E-state index in [1.807, 2.05) is 6.07 Å². The zero-order chi connectivity index (χ0) is 13.1. The van der Waals surface area contributed by atoms with Crippen LogP contribution in [-0.4, -0.2) is 12.1 Å². The first-order valence-electron chi connectivity index (χ1n) is 5.02. The summed E-state index contributed by atoms with van der Waals surface area (Å²) in [5.74, 6) is 1.30. The number of hydrogen-bond acceptors (Lipinski definition) is 3. The van der Waals surface area contributed by atoms with E-state index in [2.05, 4.69) is 26.2 Å². The third-order valence-electron chi connectivity index (χ3n) is 2.22. The Kier molecular flexibility index (Phi) is 4.32. The SMILES string of the molecule is COc1ccc(Nc2ncc(Cl)cc2Br)cc1Cl. The van der Waals surface area contributed by atoms with Gasteiger partial charge in [-0.25, -0.2) is 4.98 Å². The zero-order valence-corrected chi connectivity index (χ0v) is 12.5. The number of pyridine rings is 1. The fourth-order valence-corrected chi connectivity index (χ4v) is 2.38. The van der Waals surface area contributed by atoms with Gasteiger partial charge in [-0.1, -0.05) is 23.2 Å². The molecule has 94 valence electrons. The molecule has 1 aromatic heterocycles. The number of halogens is 3. The number of rotatable bonds is 3. The molecule has 0 spiro atoms. The molecule has 1 heterocycles. The molecule has 0 saturated heterocycles. The summed E-state index contributed by atoms with van der Waals surface area (Å²) in [4.78, 5) is 4.18. The Morgan fingerprint density at radius 3 is 2.67 bits per heavy atom. The molecule has 1 N–H and O–H groups in total. The van der Waals surface area contributed by atoms with Gasteiger partial charge in [0.05, 0.1) is 21.6 Å². The van der Waals surface area contributed by atoms with Gasteiger partial charge in [-0.2, -0.15) is 0 Å². The maximum absolute atomic E-state index is 6.04. The fraction of sp³-hybridized carbons (Fsp3) is 0.0833. The molecular weight excluding hydrogens is 339 g/mol. The standard InChI is InChI=1S/C12H9BrCl2N2O/c1-18-11-3-2-8(5-10(11)15)17-12-9(13)4-7(14)6-16-12/h2-6H,1H3,(H,16,17). The van der Waals surface area contributed by atoms with E-state index in [9.17, 15) is 0 Å².